The maximum Gasteiger partial charge on any atom is 0.304 e. The zero-order chi connectivity index (χ0) is 13.1. The Morgan fingerprint density at radius 2 is 2.18 bits per heavy atom. The average Bonchev–Trinajstić information content (AvgIpc) is 2.29. The topological polar surface area (TPSA) is 52.6 Å². The van der Waals surface area contributed by atoms with E-state index in [0.29, 0.717) is 5.92 Å². The zero-order valence-electron chi connectivity index (χ0n) is 11.5. The van der Waals surface area contributed by atoms with Crippen LogP contribution in [0.25, 0.3) is 0 Å². The van der Waals surface area contributed by atoms with E-state index in [2.05, 4.69) is 37.9 Å². The molecule has 4 heteroatoms. The van der Waals surface area contributed by atoms with Crippen molar-refractivity contribution in [1.29, 1.82) is 0 Å². The molecule has 0 bridgehead atoms. The first kappa shape index (κ1) is 14.5. The molecule has 1 atom stereocenters. The van der Waals surface area contributed by atoms with Crippen molar-refractivity contribution >= 4 is 5.97 Å². The van der Waals surface area contributed by atoms with E-state index >= 15 is 0 Å². The Morgan fingerprint density at radius 3 is 2.71 bits per heavy atom. The lowest BCUT2D eigenvalue weighted by molar-refractivity contribution is -0.139. The molecule has 100 valence electrons. The summed E-state index contributed by atoms with van der Waals surface area (Å²) in [5, 5.41) is 12.4. The number of hydrogen-bond donors (Lipinski definition) is 2. The van der Waals surface area contributed by atoms with Crippen molar-refractivity contribution in [3.63, 3.8) is 0 Å². The van der Waals surface area contributed by atoms with Gasteiger partial charge in [0.25, 0.3) is 0 Å². The summed E-state index contributed by atoms with van der Waals surface area (Å²) in [4.78, 5) is 13.3. The van der Waals surface area contributed by atoms with Crippen LogP contribution in [0.1, 0.15) is 40.5 Å². The van der Waals surface area contributed by atoms with Gasteiger partial charge < -0.3 is 10.4 Å². The molecule has 1 rings (SSSR count). The second kappa shape index (κ2) is 5.83. The summed E-state index contributed by atoms with van der Waals surface area (Å²) in [6.07, 6.45) is 1.29. The number of hydrogen-bond acceptors (Lipinski definition) is 3. The molecule has 1 saturated heterocycles. The van der Waals surface area contributed by atoms with Crippen LogP contribution in [0.5, 0.6) is 0 Å². The Morgan fingerprint density at radius 1 is 1.53 bits per heavy atom. The molecule has 1 unspecified atom stereocenters. The Labute approximate surface area is 104 Å². The lowest BCUT2D eigenvalue weighted by Gasteiger charge is -2.42. The number of aliphatic carboxylic acids is 1. The van der Waals surface area contributed by atoms with E-state index in [1.165, 1.54) is 0 Å². The van der Waals surface area contributed by atoms with Crippen LogP contribution in [0.3, 0.4) is 0 Å². The molecule has 1 heterocycles. The van der Waals surface area contributed by atoms with Gasteiger partial charge >= 0.3 is 5.97 Å². The van der Waals surface area contributed by atoms with Crippen LogP contribution >= 0.6 is 0 Å². The highest BCUT2D eigenvalue weighted by Gasteiger charge is 2.35. The second-order valence-corrected chi connectivity index (χ2v) is 6.06. The molecular formula is C13H26N2O2. The molecule has 1 aliphatic heterocycles. The van der Waals surface area contributed by atoms with E-state index in [4.69, 9.17) is 5.11 Å². The highest BCUT2D eigenvalue weighted by Crippen LogP contribution is 2.26. The van der Waals surface area contributed by atoms with E-state index in [9.17, 15) is 4.79 Å². The van der Waals surface area contributed by atoms with Crippen molar-refractivity contribution in [1.82, 2.24) is 10.2 Å². The van der Waals surface area contributed by atoms with Gasteiger partial charge in [0.15, 0.2) is 0 Å². The highest BCUT2D eigenvalue weighted by atomic mass is 16.4. The summed E-state index contributed by atoms with van der Waals surface area (Å²) in [7, 11) is 0. The lowest BCUT2D eigenvalue weighted by Crippen LogP contribution is -2.52. The summed E-state index contributed by atoms with van der Waals surface area (Å²) < 4.78 is 0. The van der Waals surface area contributed by atoms with Crippen LogP contribution in [0.4, 0.5) is 0 Å². The lowest BCUT2D eigenvalue weighted by atomic mass is 9.94. The fourth-order valence-electron chi connectivity index (χ4n) is 2.58. The molecule has 0 amide bonds. The zero-order valence-corrected chi connectivity index (χ0v) is 11.5. The Balaban J connectivity index is 2.84. The average molecular weight is 242 g/mol. The molecular weight excluding hydrogens is 216 g/mol. The Kier molecular flexibility index (Phi) is 4.95. The van der Waals surface area contributed by atoms with Crippen LogP contribution in [-0.2, 0) is 4.79 Å². The van der Waals surface area contributed by atoms with Crippen LogP contribution in [0.2, 0.25) is 0 Å². The highest BCUT2D eigenvalue weighted by molar-refractivity contribution is 5.67. The van der Waals surface area contributed by atoms with Gasteiger partial charge in [0.05, 0.1) is 6.42 Å². The Hall–Kier alpha value is -0.610. The molecule has 0 spiro atoms. The normalized spacial score (nSPS) is 25.8. The third kappa shape index (κ3) is 4.28. The second-order valence-electron chi connectivity index (χ2n) is 6.06. The van der Waals surface area contributed by atoms with Gasteiger partial charge in [-0.15, -0.1) is 0 Å². The molecule has 1 fully saturated rings. The predicted molar refractivity (Wildman–Crippen MR) is 69.2 cm³/mol. The predicted octanol–water partition coefficient (Wildman–Crippen LogP) is 1.56. The molecule has 1 aliphatic rings. The van der Waals surface area contributed by atoms with E-state index in [1.54, 1.807) is 0 Å². The van der Waals surface area contributed by atoms with Gasteiger partial charge in [-0.05, 0) is 32.7 Å². The summed E-state index contributed by atoms with van der Waals surface area (Å²) in [6.45, 7) is 11.5. The third-order valence-corrected chi connectivity index (χ3v) is 3.48. The van der Waals surface area contributed by atoms with Crippen molar-refractivity contribution in [2.75, 3.05) is 19.6 Å². The van der Waals surface area contributed by atoms with Gasteiger partial charge in [0.1, 0.15) is 0 Å². The smallest absolute Gasteiger partial charge is 0.304 e. The number of carboxylic acid groups (broad SMARTS) is 1. The van der Waals surface area contributed by atoms with Crippen LogP contribution < -0.4 is 5.32 Å². The maximum atomic E-state index is 11.0. The van der Waals surface area contributed by atoms with E-state index in [0.717, 1.165) is 26.1 Å². The minimum absolute atomic E-state index is 0.0773. The SMILES string of the molecule is CC(C)CN1C(CC(=O)O)CNCCC1(C)C. The summed E-state index contributed by atoms with van der Waals surface area (Å²) >= 11 is 0. The van der Waals surface area contributed by atoms with Crippen molar-refractivity contribution in [2.45, 2.75) is 52.1 Å². The summed E-state index contributed by atoms with van der Waals surface area (Å²) in [5.74, 6) is -0.146. The van der Waals surface area contributed by atoms with Gasteiger partial charge in [-0.25, -0.2) is 0 Å². The Bertz CT molecular complexity index is 264. The van der Waals surface area contributed by atoms with Gasteiger partial charge in [-0.1, -0.05) is 13.8 Å². The minimum Gasteiger partial charge on any atom is -0.481 e. The fourth-order valence-corrected chi connectivity index (χ4v) is 2.58. The first-order valence-corrected chi connectivity index (χ1v) is 6.52. The summed E-state index contributed by atoms with van der Waals surface area (Å²) in [6, 6.07) is 0.104. The monoisotopic (exact) mass is 242 g/mol. The third-order valence-electron chi connectivity index (χ3n) is 3.48. The van der Waals surface area contributed by atoms with Crippen molar-refractivity contribution in [2.24, 2.45) is 5.92 Å². The number of nitrogens with one attached hydrogen (secondary N) is 1. The van der Waals surface area contributed by atoms with Gasteiger partial charge in [0, 0.05) is 24.7 Å². The molecule has 0 radical (unpaired) electrons. The first-order chi connectivity index (χ1) is 7.83. The number of carbonyl (C=O) groups is 1. The molecule has 0 aromatic rings. The van der Waals surface area contributed by atoms with Crippen LogP contribution in [0.15, 0.2) is 0 Å². The largest absolute Gasteiger partial charge is 0.481 e. The quantitative estimate of drug-likeness (QED) is 0.785. The van der Waals surface area contributed by atoms with E-state index in [1.807, 2.05) is 0 Å². The maximum absolute atomic E-state index is 11.0. The van der Waals surface area contributed by atoms with Crippen LogP contribution in [0, 0.1) is 5.92 Å². The molecule has 0 aliphatic carbocycles. The number of nitrogens with zero attached hydrogens (tertiary/aromatic N) is 1. The molecule has 17 heavy (non-hydrogen) atoms. The van der Waals surface area contributed by atoms with Crippen molar-refractivity contribution in [3.05, 3.63) is 0 Å². The van der Waals surface area contributed by atoms with Crippen molar-refractivity contribution in [3.8, 4) is 0 Å². The molecule has 0 aromatic carbocycles. The van der Waals surface area contributed by atoms with E-state index in [-0.39, 0.29) is 18.0 Å². The fraction of sp³-hybridized carbons (Fsp3) is 0.923. The van der Waals surface area contributed by atoms with Gasteiger partial charge in [-0.3, -0.25) is 9.69 Å². The number of carboxylic acids is 1. The summed E-state index contributed by atoms with van der Waals surface area (Å²) in [5.41, 5.74) is 0.0773. The van der Waals surface area contributed by atoms with Crippen LogP contribution in [-0.4, -0.2) is 47.2 Å². The first-order valence-electron chi connectivity index (χ1n) is 6.52. The minimum atomic E-state index is -0.705. The number of rotatable bonds is 4. The van der Waals surface area contributed by atoms with Crippen molar-refractivity contribution < 1.29 is 9.90 Å². The van der Waals surface area contributed by atoms with E-state index < -0.39 is 5.97 Å². The standard InChI is InChI=1S/C13H26N2O2/c1-10(2)9-15-11(7-12(16)17)8-14-6-5-13(15,3)4/h10-11,14H,5-9H2,1-4H3,(H,16,17). The van der Waals surface area contributed by atoms with Gasteiger partial charge in [0.2, 0.25) is 0 Å². The molecule has 4 nitrogen and oxygen atoms in total. The molecule has 0 saturated carbocycles. The molecule has 0 aromatic heterocycles. The molecule has 2 N–H and O–H groups in total. The van der Waals surface area contributed by atoms with Gasteiger partial charge in [-0.2, -0.15) is 0 Å².